The second-order valence-electron chi connectivity index (χ2n) is 3.62. The zero-order valence-electron chi connectivity index (χ0n) is 7.77. The monoisotopic (exact) mass is 178 g/mol. The second kappa shape index (κ2) is 3.34. The van der Waals surface area contributed by atoms with Gasteiger partial charge >= 0.3 is 0 Å². The Labute approximate surface area is 78.0 Å². The van der Waals surface area contributed by atoms with Crippen LogP contribution in [-0.4, -0.2) is 28.6 Å². The standard InChI is InChI=1S/C10H14N2O/c1-12-4-2-3-10(12)8-5-9(13)7-11-6-8/h5-7,10,13H,2-4H2,1H3. The molecule has 0 bridgehead atoms. The minimum Gasteiger partial charge on any atom is -0.506 e. The predicted octanol–water partition coefficient (Wildman–Crippen LogP) is 1.55. The number of likely N-dealkylation sites (tertiary alicyclic amines) is 1. The molecule has 0 radical (unpaired) electrons. The Kier molecular flexibility index (Phi) is 2.19. The smallest absolute Gasteiger partial charge is 0.134 e. The molecule has 1 saturated heterocycles. The van der Waals surface area contributed by atoms with Crippen molar-refractivity contribution in [2.45, 2.75) is 18.9 Å². The van der Waals surface area contributed by atoms with Gasteiger partial charge in [0.1, 0.15) is 5.75 Å². The number of aromatic hydroxyl groups is 1. The largest absolute Gasteiger partial charge is 0.506 e. The van der Waals surface area contributed by atoms with Gasteiger partial charge in [0.05, 0.1) is 6.20 Å². The van der Waals surface area contributed by atoms with Crippen molar-refractivity contribution in [3.8, 4) is 5.75 Å². The van der Waals surface area contributed by atoms with Crippen molar-refractivity contribution in [3.63, 3.8) is 0 Å². The van der Waals surface area contributed by atoms with E-state index in [0.29, 0.717) is 6.04 Å². The lowest BCUT2D eigenvalue weighted by Gasteiger charge is -2.19. The average Bonchev–Trinajstić information content (AvgIpc) is 2.51. The molecule has 2 rings (SSSR count). The average molecular weight is 178 g/mol. The van der Waals surface area contributed by atoms with E-state index in [1.807, 2.05) is 6.20 Å². The van der Waals surface area contributed by atoms with Crippen LogP contribution in [0.25, 0.3) is 0 Å². The zero-order valence-corrected chi connectivity index (χ0v) is 7.77. The van der Waals surface area contributed by atoms with Crippen LogP contribution in [0.2, 0.25) is 0 Å². The Morgan fingerprint density at radius 2 is 2.38 bits per heavy atom. The summed E-state index contributed by atoms with van der Waals surface area (Å²) in [6, 6.07) is 2.25. The highest BCUT2D eigenvalue weighted by Crippen LogP contribution is 2.30. The molecular weight excluding hydrogens is 164 g/mol. The first kappa shape index (κ1) is 8.51. The van der Waals surface area contributed by atoms with E-state index in [1.165, 1.54) is 19.0 Å². The molecule has 70 valence electrons. The number of pyridine rings is 1. The van der Waals surface area contributed by atoms with E-state index in [2.05, 4.69) is 16.9 Å². The van der Waals surface area contributed by atoms with Crippen LogP contribution < -0.4 is 0 Å². The maximum absolute atomic E-state index is 9.28. The summed E-state index contributed by atoms with van der Waals surface area (Å²) in [5.41, 5.74) is 1.13. The van der Waals surface area contributed by atoms with Crippen molar-refractivity contribution < 1.29 is 5.11 Å². The molecule has 0 aromatic carbocycles. The first-order chi connectivity index (χ1) is 6.27. The number of aromatic nitrogens is 1. The van der Waals surface area contributed by atoms with Crippen LogP contribution in [0.3, 0.4) is 0 Å². The third kappa shape index (κ3) is 1.65. The van der Waals surface area contributed by atoms with E-state index in [9.17, 15) is 5.11 Å². The topological polar surface area (TPSA) is 36.4 Å². The van der Waals surface area contributed by atoms with Crippen LogP contribution in [0, 0.1) is 0 Å². The van der Waals surface area contributed by atoms with Crippen LogP contribution in [0.5, 0.6) is 5.75 Å². The van der Waals surface area contributed by atoms with Crippen molar-refractivity contribution in [1.82, 2.24) is 9.88 Å². The molecule has 0 spiro atoms. The van der Waals surface area contributed by atoms with Gasteiger partial charge in [-0.05, 0) is 38.1 Å². The first-order valence-corrected chi connectivity index (χ1v) is 4.61. The molecule has 1 aromatic heterocycles. The molecule has 3 heteroatoms. The van der Waals surface area contributed by atoms with Crippen molar-refractivity contribution in [2.24, 2.45) is 0 Å². The van der Waals surface area contributed by atoms with E-state index in [1.54, 1.807) is 6.07 Å². The summed E-state index contributed by atoms with van der Waals surface area (Å²) in [5.74, 6) is 0.262. The summed E-state index contributed by atoms with van der Waals surface area (Å²) in [5, 5.41) is 9.28. The first-order valence-electron chi connectivity index (χ1n) is 4.61. The van der Waals surface area contributed by atoms with Gasteiger partial charge in [-0.2, -0.15) is 0 Å². The molecule has 1 atom stereocenters. The Morgan fingerprint density at radius 1 is 1.54 bits per heavy atom. The van der Waals surface area contributed by atoms with Crippen molar-refractivity contribution in [3.05, 3.63) is 24.0 Å². The molecule has 1 N–H and O–H groups in total. The van der Waals surface area contributed by atoms with Crippen LogP contribution in [0.4, 0.5) is 0 Å². The molecule has 0 aliphatic carbocycles. The fourth-order valence-electron chi connectivity index (χ4n) is 1.96. The molecule has 1 aromatic rings. The minimum absolute atomic E-state index is 0.262. The van der Waals surface area contributed by atoms with Gasteiger partial charge in [0, 0.05) is 12.2 Å². The summed E-state index contributed by atoms with van der Waals surface area (Å²) in [4.78, 5) is 6.29. The van der Waals surface area contributed by atoms with Crippen molar-refractivity contribution in [1.29, 1.82) is 0 Å². The van der Waals surface area contributed by atoms with Gasteiger partial charge in [-0.25, -0.2) is 0 Å². The molecule has 2 heterocycles. The van der Waals surface area contributed by atoms with Crippen molar-refractivity contribution in [2.75, 3.05) is 13.6 Å². The van der Waals surface area contributed by atoms with Gasteiger partial charge in [-0.3, -0.25) is 9.88 Å². The zero-order chi connectivity index (χ0) is 9.26. The molecule has 1 aliphatic heterocycles. The maximum Gasteiger partial charge on any atom is 0.134 e. The number of hydrogen-bond acceptors (Lipinski definition) is 3. The Bertz CT molecular complexity index is 301. The lowest BCUT2D eigenvalue weighted by atomic mass is 10.1. The minimum atomic E-state index is 0.262. The summed E-state index contributed by atoms with van der Waals surface area (Å²) >= 11 is 0. The van der Waals surface area contributed by atoms with E-state index in [0.717, 1.165) is 12.1 Å². The van der Waals surface area contributed by atoms with Gasteiger partial charge in [-0.15, -0.1) is 0 Å². The van der Waals surface area contributed by atoms with Gasteiger partial charge in [-0.1, -0.05) is 0 Å². The molecular formula is C10H14N2O. The van der Waals surface area contributed by atoms with Crippen LogP contribution >= 0.6 is 0 Å². The van der Waals surface area contributed by atoms with Crippen LogP contribution in [-0.2, 0) is 0 Å². The Hall–Kier alpha value is -1.09. The molecule has 0 saturated carbocycles. The quantitative estimate of drug-likeness (QED) is 0.709. The fourth-order valence-corrected chi connectivity index (χ4v) is 1.96. The predicted molar refractivity (Wildman–Crippen MR) is 50.5 cm³/mol. The lowest BCUT2D eigenvalue weighted by molar-refractivity contribution is 0.316. The molecule has 1 fully saturated rings. The number of nitrogens with zero attached hydrogens (tertiary/aromatic N) is 2. The highest BCUT2D eigenvalue weighted by Gasteiger charge is 2.22. The van der Waals surface area contributed by atoms with E-state index in [-0.39, 0.29) is 5.75 Å². The SMILES string of the molecule is CN1CCCC1c1cncc(O)c1. The third-order valence-electron chi connectivity index (χ3n) is 2.65. The Morgan fingerprint density at radius 3 is 3.00 bits per heavy atom. The van der Waals surface area contributed by atoms with Crippen molar-refractivity contribution >= 4 is 0 Å². The lowest BCUT2D eigenvalue weighted by Crippen LogP contribution is -2.17. The second-order valence-corrected chi connectivity index (χ2v) is 3.62. The molecule has 3 nitrogen and oxygen atoms in total. The maximum atomic E-state index is 9.28. The highest BCUT2D eigenvalue weighted by molar-refractivity contribution is 5.25. The Balaban J connectivity index is 2.24. The molecule has 0 amide bonds. The van der Waals surface area contributed by atoms with Gasteiger partial charge < -0.3 is 5.11 Å². The van der Waals surface area contributed by atoms with Gasteiger partial charge in [0.25, 0.3) is 0 Å². The number of rotatable bonds is 1. The molecule has 13 heavy (non-hydrogen) atoms. The van der Waals surface area contributed by atoms with Gasteiger partial charge in [0.2, 0.25) is 0 Å². The molecule has 1 aliphatic rings. The molecule has 1 unspecified atom stereocenters. The normalized spacial score (nSPS) is 23.6. The number of hydrogen-bond donors (Lipinski definition) is 1. The van der Waals surface area contributed by atoms with E-state index >= 15 is 0 Å². The fraction of sp³-hybridized carbons (Fsp3) is 0.500. The highest BCUT2D eigenvalue weighted by atomic mass is 16.3. The van der Waals surface area contributed by atoms with Crippen LogP contribution in [0.15, 0.2) is 18.5 Å². The summed E-state index contributed by atoms with van der Waals surface area (Å²) in [6.45, 7) is 1.14. The van der Waals surface area contributed by atoms with Gasteiger partial charge in [0.15, 0.2) is 0 Å². The summed E-state index contributed by atoms with van der Waals surface area (Å²) < 4.78 is 0. The summed E-state index contributed by atoms with van der Waals surface area (Å²) in [6.07, 6.45) is 5.71. The van der Waals surface area contributed by atoms with E-state index < -0.39 is 0 Å². The van der Waals surface area contributed by atoms with E-state index in [4.69, 9.17) is 0 Å². The third-order valence-corrected chi connectivity index (χ3v) is 2.65. The summed E-state index contributed by atoms with van der Waals surface area (Å²) in [7, 11) is 2.11. The van der Waals surface area contributed by atoms with Crippen LogP contribution in [0.1, 0.15) is 24.4 Å².